The van der Waals surface area contributed by atoms with Gasteiger partial charge in [-0.1, -0.05) is 35.5 Å². The molecule has 0 fully saturated rings. The summed E-state index contributed by atoms with van der Waals surface area (Å²) in [6, 6.07) is 7.44. The lowest BCUT2D eigenvalue weighted by Crippen LogP contribution is -2.04. The van der Waals surface area contributed by atoms with E-state index in [1.807, 2.05) is 24.3 Å². The van der Waals surface area contributed by atoms with Crippen molar-refractivity contribution < 1.29 is 4.42 Å². The van der Waals surface area contributed by atoms with Gasteiger partial charge < -0.3 is 10.2 Å². The number of hydrogen-bond acceptors (Lipinski definition) is 5. The van der Waals surface area contributed by atoms with Crippen molar-refractivity contribution in [1.82, 2.24) is 10.2 Å². The molecule has 6 heteroatoms. The molecule has 1 aromatic heterocycles. The van der Waals surface area contributed by atoms with Gasteiger partial charge in [-0.05, 0) is 24.6 Å². The first-order valence-corrected chi connectivity index (χ1v) is 6.48. The van der Waals surface area contributed by atoms with E-state index in [1.165, 1.54) is 11.8 Å². The summed E-state index contributed by atoms with van der Waals surface area (Å²) in [5.41, 5.74) is 6.75. The fraction of sp³-hybridized carbons (Fsp3) is 0.273. The molecule has 0 amide bonds. The highest BCUT2D eigenvalue weighted by Gasteiger charge is 2.10. The maximum Gasteiger partial charge on any atom is 0.276 e. The van der Waals surface area contributed by atoms with Crippen LogP contribution in [-0.2, 0) is 5.75 Å². The van der Waals surface area contributed by atoms with Crippen molar-refractivity contribution in [3.05, 3.63) is 40.7 Å². The van der Waals surface area contributed by atoms with Gasteiger partial charge in [0, 0.05) is 10.8 Å². The minimum Gasteiger partial charge on any atom is -0.414 e. The molecule has 0 aliphatic carbocycles. The first kappa shape index (κ1) is 12.4. The third kappa shape index (κ3) is 3.46. The maximum atomic E-state index is 5.90. The second-order valence-corrected chi connectivity index (χ2v) is 4.98. The van der Waals surface area contributed by atoms with E-state index in [0.717, 1.165) is 16.3 Å². The Labute approximate surface area is 109 Å². The molecule has 2 N–H and O–H groups in total. The summed E-state index contributed by atoms with van der Waals surface area (Å²) in [6.45, 7) is 1.80. The minimum atomic E-state index is -0.233. The van der Waals surface area contributed by atoms with Gasteiger partial charge in [-0.25, -0.2) is 0 Å². The first-order chi connectivity index (χ1) is 8.15. The van der Waals surface area contributed by atoms with Gasteiger partial charge in [0.2, 0.25) is 5.89 Å². The Morgan fingerprint density at radius 2 is 2.29 bits per heavy atom. The van der Waals surface area contributed by atoms with Crippen LogP contribution in [0.25, 0.3) is 0 Å². The van der Waals surface area contributed by atoms with Crippen LogP contribution >= 0.6 is 23.4 Å². The highest BCUT2D eigenvalue weighted by Crippen LogP contribution is 2.23. The van der Waals surface area contributed by atoms with Crippen LogP contribution in [0.2, 0.25) is 5.02 Å². The Kier molecular flexibility index (Phi) is 4.04. The topological polar surface area (TPSA) is 64.9 Å². The van der Waals surface area contributed by atoms with Crippen molar-refractivity contribution in [2.24, 2.45) is 5.73 Å². The second-order valence-electron chi connectivity index (χ2n) is 3.61. The third-order valence-corrected chi connectivity index (χ3v) is 3.19. The Balaban J connectivity index is 1.97. The fourth-order valence-electron chi connectivity index (χ4n) is 1.23. The van der Waals surface area contributed by atoms with Crippen LogP contribution in [0.5, 0.6) is 0 Å². The lowest BCUT2D eigenvalue weighted by molar-refractivity contribution is 0.394. The molecule has 1 atom stereocenters. The van der Waals surface area contributed by atoms with Crippen molar-refractivity contribution in [3.8, 4) is 0 Å². The molecule has 0 spiro atoms. The third-order valence-electron chi connectivity index (χ3n) is 2.06. The average Bonchev–Trinajstić information content (AvgIpc) is 2.75. The molecular weight excluding hydrogens is 258 g/mol. The van der Waals surface area contributed by atoms with Crippen LogP contribution in [0.1, 0.15) is 24.4 Å². The zero-order chi connectivity index (χ0) is 12.3. The van der Waals surface area contributed by atoms with Gasteiger partial charge in [0.25, 0.3) is 5.22 Å². The average molecular weight is 270 g/mol. The Bertz CT molecular complexity index is 501. The van der Waals surface area contributed by atoms with E-state index < -0.39 is 0 Å². The van der Waals surface area contributed by atoms with Gasteiger partial charge in [-0.15, -0.1) is 10.2 Å². The lowest BCUT2D eigenvalue weighted by Gasteiger charge is -1.99. The number of thioether (sulfide) groups is 1. The monoisotopic (exact) mass is 269 g/mol. The minimum absolute atomic E-state index is 0.233. The summed E-state index contributed by atoms with van der Waals surface area (Å²) in [7, 11) is 0. The number of hydrogen-bond donors (Lipinski definition) is 1. The smallest absolute Gasteiger partial charge is 0.276 e. The molecule has 0 radical (unpaired) electrons. The lowest BCUT2D eigenvalue weighted by atomic mass is 10.2. The largest absolute Gasteiger partial charge is 0.414 e. The summed E-state index contributed by atoms with van der Waals surface area (Å²) in [5, 5.41) is 9.02. The molecule has 4 nitrogen and oxygen atoms in total. The number of halogens is 1. The summed E-state index contributed by atoms with van der Waals surface area (Å²) < 4.78 is 5.38. The van der Waals surface area contributed by atoms with E-state index >= 15 is 0 Å². The van der Waals surface area contributed by atoms with Gasteiger partial charge in [-0.3, -0.25) is 0 Å². The van der Waals surface area contributed by atoms with Crippen LogP contribution in [0.4, 0.5) is 0 Å². The molecule has 0 aliphatic rings. The number of rotatable bonds is 4. The zero-order valence-corrected chi connectivity index (χ0v) is 10.8. The van der Waals surface area contributed by atoms with Gasteiger partial charge in [-0.2, -0.15) is 0 Å². The van der Waals surface area contributed by atoms with Gasteiger partial charge in [0.15, 0.2) is 0 Å². The molecule has 2 rings (SSSR count). The second kappa shape index (κ2) is 5.53. The molecule has 0 saturated heterocycles. The van der Waals surface area contributed by atoms with Crippen LogP contribution in [0, 0.1) is 0 Å². The molecule has 1 unspecified atom stereocenters. The Morgan fingerprint density at radius 1 is 1.47 bits per heavy atom. The number of nitrogens with two attached hydrogens (primary N) is 1. The molecule has 1 aromatic carbocycles. The maximum absolute atomic E-state index is 5.90. The van der Waals surface area contributed by atoms with Crippen LogP contribution in [-0.4, -0.2) is 10.2 Å². The van der Waals surface area contributed by atoms with E-state index in [-0.39, 0.29) is 6.04 Å². The predicted octanol–water partition coefficient (Wildman–Crippen LogP) is 3.04. The van der Waals surface area contributed by atoms with Crippen LogP contribution in [0.15, 0.2) is 33.9 Å². The number of benzene rings is 1. The first-order valence-electron chi connectivity index (χ1n) is 5.11. The van der Waals surface area contributed by atoms with Gasteiger partial charge >= 0.3 is 0 Å². The summed E-state index contributed by atoms with van der Waals surface area (Å²) in [4.78, 5) is 0. The van der Waals surface area contributed by atoms with E-state index in [0.29, 0.717) is 11.1 Å². The van der Waals surface area contributed by atoms with E-state index in [2.05, 4.69) is 10.2 Å². The number of aromatic nitrogens is 2. The normalized spacial score (nSPS) is 12.6. The van der Waals surface area contributed by atoms with Gasteiger partial charge in [0.05, 0.1) is 6.04 Å². The molecule has 1 heterocycles. The number of nitrogens with zero attached hydrogens (tertiary/aromatic N) is 2. The van der Waals surface area contributed by atoms with E-state index in [1.54, 1.807) is 6.92 Å². The molecule has 2 aromatic rings. The summed E-state index contributed by atoms with van der Waals surface area (Å²) in [5.74, 6) is 1.19. The van der Waals surface area contributed by atoms with E-state index in [9.17, 15) is 0 Å². The molecular formula is C11H12ClN3OS. The predicted molar refractivity (Wildman–Crippen MR) is 67.9 cm³/mol. The molecule has 0 aliphatic heterocycles. The van der Waals surface area contributed by atoms with Crippen molar-refractivity contribution in [2.75, 3.05) is 0 Å². The highest BCUT2D eigenvalue weighted by molar-refractivity contribution is 7.98. The van der Waals surface area contributed by atoms with Gasteiger partial charge in [0.1, 0.15) is 0 Å². The Hall–Kier alpha value is -1.04. The SMILES string of the molecule is CC(N)c1nnc(SCc2cccc(Cl)c2)o1. The molecule has 0 bridgehead atoms. The van der Waals surface area contributed by atoms with E-state index in [4.69, 9.17) is 21.8 Å². The molecule has 17 heavy (non-hydrogen) atoms. The van der Waals surface area contributed by atoms with Crippen molar-refractivity contribution in [2.45, 2.75) is 23.9 Å². The van der Waals surface area contributed by atoms with Crippen molar-refractivity contribution in [1.29, 1.82) is 0 Å². The summed E-state index contributed by atoms with van der Waals surface area (Å²) >= 11 is 7.36. The molecule has 0 saturated carbocycles. The summed E-state index contributed by atoms with van der Waals surface area (Å²) in [6.07, 6.45) is 0. The van der Waals surface area contributed by atoms with Crippen LogP contribution < -0.4 is 5.73 Å². The van der Waals surface area contributed by atoms with Crippen LogP contribution in [0.3, 0.4) is 0 Å². The zero-order valence-electron chi connectivity index (χ0n) is 9.26. The van der Waals surface area contributed by atoms with Crippen molar-refractivity contribution in [3.63, 3.8) is 0 Å². The van der Waals surface area contributed by atoms with Crippen molar-refractivity contribution >= 4 is 23.4 Å². The fourth-order valence-corrected chi connectivity index (χ4v) is 2.16. The molecule has 90 valence electrons. The quantitative estimate of drug-likeness (QED) is 0.865. The standard InChI is InChI=1S/C11H12ClN3OS/c1-7(13)10-14-15-11(16-10)17-6-8-3-2-4-9(12)5-8/h2-5,7H,6,13H2,1H3. The highest BCUT2D eigenvalue weighted by atomic mass is 35.5. The Morgan fingerprint density at radius 3 is 2.94 bits per heavy atom.